The molecule has 0 saturated carbocycles. The highest BCUT2D eigenvalue weighted by atomic mass is 16.5. The second-order valence-electron chi connectivity index (χ2n) is 3.93. The number of benzene rings is 1. The zero-order valence-electron chi connectivity index (χ0n) is 10.0. The van der Waals surface area contributed by atoms with E-state index < -0.39 is 0 Å². The maximum Gasteiger partial charge on any atom is 0.119 e. The second kappa shape index (κ2) is 6.02. The Morgan fingerprint density at radius 1 is 1.31 bits per heavy atom. The first-order valence-electron chi connectivity index (χ1n) is 5.58. The van der Waals surface area contributed by atoms with Gasteiger partial charge in [0.1, 0.15) is 11.8 Å². The van der Waals surface area contributed by atoms with Crippen molar-refractivity contribution in [3.8, 4) is 11.8 Å². The van der Waals surface area contributed by atoms with Crippen LogP contribution < -0.4 is 10.1 Å². The van der Waals surface area contributed by atoms with E-state index in [2.05, 4.69) is 11.4 Å². The van der Waals surface area contributed by atoms with Crippen molar-refractivity contribution in [3.05, 3.63) is 24.3 Å². The Morgan fingerprint density at radius 2 is 1.94 bits per heavy atom. The number of rotatable bonds is 5. The molecule has 16 heavy (non-hydrogen) atoms. The van der Waals surface area contributed by atoms with Crippen LogP contribution in [0.4, 0.5) is 5.69 Å². The highest BCUT2D eigenvalue weighted by Gasteiger charge is 2.03. The molecule has 0 aliphatic rings. The molecule has 1 atom stereocenters. The zero-order chi connectivity index (χ0) is 12.0. The summed E-state index contributed by atoms with van der Waals surface area (Å²) in [5.74, 6) is 0.852. The predicted molar refractivity (Wildman–Crippen MR) is 65.5 cm³/mol. The monoisotopic (exact) mass is 218 g/mol. The first kappa shape index (κ1) is 12.4. The number of anilines is 1. The fourth-order valence-electron chi connectivity index (χ4n) is 1.33. The molecule has 3 heteroatoms. The summed E-state index contributed by atoms with van der Waals surface area (Å²) < 4.78 is 5.53. The summed E-state index contributed by atoms with van der Waals surface area (Å²) in [5, 5.41) is 12.0. The molecular formula is C13H18N2O. The van der Waals surface area contributed by atoms with Gasteiger partial charge in [-0.25, -0.2) is 0 Å². The van der Waals surface area contributed by atoms with Crippen molar-refractivity contribution < 1.29 is 4.74 Å². The van der Waals surface area contributed by atoms with E-state index in [0.717, 1.165) is 17.9 Å². The van der Waals surface area contributed by atoms with E-state index in [1.807, 2.05) is 45.0 Å². The molecule has 1 unspecified atom stereocenters. The van der Waals surface area contributed by atoms with E-state index in [-0.39, 0.29) is 12.1 Å². The maximum absolute atomic E-state index is 8.82. The SMILES string of the molecule is CCC(C#N)Nc1ccc(OC(C)C)cc1. The molecule has 0 fully saturated rings. The highest BCUT2D eigenvalue weighted by molar-refractivity contribution is 5.48. The molecule has 1 N–H and O–H groups in total. The predicted octanol–water partition coefficient (Wildman–Crippen LogP) is 3.19. The largest absolute Gasteiger partial charge is 0.491 e. The lowest BCUT2D eigenvalue weighted by atomic mass is 10.2. The van der Waals surface area contributed by atoms with Gasteiger partial charge < -0.3 is 10.1 Å². The number of nitrogens with one attached hydrogen (secondary N) is 1. The summed E-state index contributed by atoms with van der Waals surface area (Å²) in [4.78, 5) is 0. The van der Waals surface area contributed by atoms with Crippen molar-refractivity contribution in [3.63, 3.8) is 0 Å². The van der Waals surface area contributed by atoms with Crippen LogP contribution in [0.2, 0.25) is 0 Å². The van der Waals surface area contributed by atoms with Gasteiger partial charge >= 0.3 is 0 Å². The van der Waals surface area contributed by atoms with Crippen LogP contribution in [-0.4, -0.2) is 12.1 Å². The molecule has 0 radical (unpaired) electrons. The lowest BCUT2D eigenvalue weighted by Crippen LogP contribution is -2.15. The van der Waals surface area contributed by atoms with Gasteiger partial charge in [-0.05, 0) is 44.5 Å². The number of hydrogen-bond donors (Lipinski definition) is 1. The van der Waals surface area contributed by atoms with Crippen molar-refractivity contribution in [1.82, 2.24) is 0 Å². The lowest BCUT2D eigenvalue weighted by molar-refractivity contribution is 0.242. The number of ether oxygens (including phenoxy) is 1. The summed E-state index contributed by atoms with van der Waals surface area (Å²) in [6.07, 6.45) is 0.974. The van der Waals surface area contributed by atoms with E-state index in [0.29, 0.717) is 0 Å². The van der Waals surface area contributed by atoms with Crippen LogP contribution in [0, 0.1) is 11.3 Å². The molecule has 0 spiro atoms. The normalized spacial score (nSPS) is 11.9. The fourth-order valence-corrected chi connectivity index (χ4v) is 1.33. The highest BCUT2D eigenvalue weighted by Crippen LogP contribution is 2.17. The second-order valence-corrected chi connectivity index (χ2v) is 3.93. The quantitative estimate of drug-likeness (QED) is 0.825. The first-order chi connectivity index (χ1) is 7.65. The molecule has 86 valence electrons. The Morgan fingerprint density at radius 3 is 2.38 bits per heavy atom. The van der Waals surface area contributed by atoms with Gasteiger partial charge in [0.05, 0.1) is 12.2 Å². The molecular weight excluding hydrogens is 200 g/mol. The van der Waals surface area contributed by atoms with E-state index in [1.54, 1.807) is 0 Å². The summed E-state index contributed by atoms with van der Waals surface area (Å²) in [5.41, 5.74) is 0.949. The van der Waals surface area contributed by atoms with Gasteiger partial charge in [0.2, 0.25) is 0 Å². The fraction of sp³-hybridized carbons (Fsp3) is 0.462. The van der Waals surface area contributed by atoms with Gasteiger partial charge in [-0.3, -0.25) is 0 Å². The molecule has 0 aromatic heterocycles. The smallest absolute Gasteiger partial charge is 0.119 e. The van der Waals surface area contributed by atoms with Crippen LogP contribution in [0.15, 0.2) is 24.3 Å². The minimum atomic E-state index is -0.128. The Balaban J connectivity index is 2.61. The van der Waals surface area contributed by atoms with Crippen molar-refractivity contribution in [2.45, 2.75) is 39.3 Å². The van der Waals surface area contributed by atoms with Crippen LogP contribution in [0.25, 0.3) is 0 Å². The summed E-state index contributed by atoms with van der Waals surface area (Å²) >= 11 is 0. The minimum absolute atomic E-state index is 0.128. The third kappa shape index (κ3) is 3.82. The van der Waals surface area contributed by atoms with Crippen LogP contribution in [0.5, 0.6) is 5.75 Å². The van der Waals surface area contributed by atoms with Crippen LogP contribution in [0.1, 0.15) is 27.2 Å². The zero-order valence-corrected chi connectivity index (χ0v) is 10.0. The summed E-state index contributed by atoms with van der Waals surface area (Å²) in [6, 6.07) is 9.75. The van der Waals surface area contributed by atoms with Crippen LogP contribution in [-0.2, 0) is 0 Å². The number of nitrogens with zero attached hydrogens (tertiary/aromatic N) is 1. The Labute approximate surface area is 97.0 Å². The standard InChI is InChI=1S/C13H18N2O/c1-4-11(9-14)15-12-5-7-13(8-6-12)16-10(2)3/h5-8,10-11,15H,4H2,1-3H3. The van der Waals surface area contributed by atoms with Crippen molar-refractivity contribution in [2.24, 2.45) is 0 Å². The molecule has 0 amide bonds. The van der Waals surface area contributed by atoms with E-state index >= 15 is 0 Å². The molecule has 0 saturated heterocycles. The Bertz CT molecular complexity index is 351. The van der Waals surface area contributed by atoms with Gasteiger partial charge in [-0.2, -0.15) is 5.26 Å². The molecule has 0 bridgehead atoms. The third-order valence-electron chi connectivity index (χ3n) is 2.13. The van der Waals surface area contributed by atoms with Crippen molar-refractivity contribution in [2.75, 3.05) is 5.32 Å². The van der Waals surface area contributed by atoms with E-state index in [9.17, 15) is 0 Å². The number of nitriles is 1. The summed E-state index contributed by atoms with van der Waals surface area (Å²) in [7, 11) is 0. The topological polar surface area (TPSA) is 45.0 Å². The maximum atomic E-state index is 8.82. The lowest BCUT2D eigenvalue weighted by Gasteiger charge is -2.13. The average molecular weight is 218 g/mol. The minimum Gasteiger partial charge on any atom is -0.491 e. The Kier molecular flexibility index (Phi) is 4.65. The molecule has 1 aromatic rings. The molecule has 1 aromatic carbocycles. The third-order valence-corrected chi connectivity index (χ3v) is 2.13. The average Bonchev–Trinajstić information content (AvgIpc) is 2.27. The molecule has 3 nitrogen and oxygen atoms in total. The van der Waals surface area contributed by atoms with E-state index in [1.165, 1.54) is 0 Å². The molecule has 0 aliphatic carbocycles. The van der Waals surface area contributed by atoms with Gasteiger partial charge in [0.15, 0.2) is 0 Å². The van der Waals surface area contributed by atoms with Crippen molar-refractivity contribution in [1.29, 1.82) is 5.26 Å². The molecule has 1 rings (SSSR count). The molecule has 0 heterocycles. The van der Waals surface area contributed by atoms with E-state index in [4.69, 9.17) is 10.00 Å². The van der Waals surface area contributed by atoms with Gasteiger partial charge in [-0.15, -0.1) is 0 Å². The number of hydrogen-bond acceptors (Lipinski definition) is 3. The summed E-state index contributed by atoms with van der Waals surface area (Å²) in [6.45, 7) is 5.97. The van der Waals surface area contributed by atoms with Crippen molar-refractivity contribution >= 4 is 5.69 Å². The van der Waals surface area contributed by atoms with Crippen LogP contribution >= 0.6 is 0 Å². The van der Waals surface area contributed by atoms with Crippen LogP contribution in [0.3, 0.4) is 0 Å². The van der Waals surface area contributed by atoms with Gasteiger partial charge in [0, 0.05) is 5.69 Å². The van der Waals surface area contributed by atoms with Gasteiger partial charge in [-0.1, -0.05) is 6.92 Å². The Hall–Kier alpha value is -1.69. The molecule has 0 aliphatic heterocycles. The van der Waals surface area contributed by atoms with Gasteiger partial charge in [0.25, 0.3) is 0 Å². The first-order valence-corrected chi connectivity index (χ1v) is 5.58.